The van der Waals surface area contributed by atoms with Crippen LogP contribution in [-0.4, -0.2) is 38.7 Å². The topological polar surface area (TPSA) is 45.5 Å². The van der Waals surface area contributed by atoms with E-state index in [1.807, 2.05) is 34.8 Å². The number of carbonyl (C=O) groups excluding carboxylic acids is 1. The molecule has 1 aromatic rings. The maximum absolute atomic E-state index is 12.7. The first-order valence-corrected chi connectivity index (χ1v) is 7.26. The standard InChI is InChI=1S/C15H22N2O2/c1-16-10-5-6-12(16)14(19)17-11-7-13(18)15(17)8-3-2-4-9-15/h5-6,10,13,18H,2-4,7-9,11H2,1H3. The van der Waals surface area contributed by atoms with Crippen molar-refractivity contribution in [1.82, 2.24) is 9.47 Å². The van der Waals surface area contributed by atoms with Crippen molar-refractivity contribution in [2.75, 3.05) is 6.54 Å². The number of rotatable bonds is 1. The Morgan fingerprint density at radius 2 is 2.11 bits per heavy atom. The van der Waals surface area contributed by atoms with Crippen molar-refractivity contribution < 1.29 is 9.90 Å². The fourth-order valence-electron chi connectivity index (χ4n) is 3.82. The Labute approximate surface area is 114 Å². The van der Waals surface area contributed by atoms with Crippen molar-refractivity contribution in [2.45, 2.75) is 50.2 Å². The lowest BCUT2D eigenvalue weighted by Gasteiger charge is -2.43. The molecule has 1 atom stereocenters. The number of amides is 1. The number of hydrogen-bond acceptors (Lipinski definition) is 2. The molecule has 1 spiro atoms. The molecule has 4 nitrogen and oxygen atoms in total. The third-order valence-corrected chi connectivity index (χ3v) is 4.91. The monoisotopic (exact) mass is 262 g/mol. The zero-order valence-corrected chi connectivity index (χ0v) is 11.5. The molecule has 0 bridgehead atoms. The minimum absolute atomic E-state index is 0.0750. The lowest BCUT2D eigenvalue weighted by molar-refractivity contribution is 0.00270. The van der Waals surface area contributed by atoms with Crippen LogP contribution in [0.3, 0.4) is 0 Å². The Bertz CT molecular complexity index is 474. The highest BCUT2D eigenvalue weighted by atomic mass is 16.3. The molecule has 1 N–H and O–H groups in total. The molecule has 1 unspecified atom stereocenters. The largest absolute Gasteiger partial charge is 0.391 e. The molecule has 1 aliphatic carbocycles. The first kappa shape index (κ1) is 12.7. The van der Waals surface area contributed by atoms with E-state index in [1.165, 1.54) is 6.42 Å². The number of aliphatic hydroxyl groups excluding tert-OH is 1. The minimum atomic E-state index is -0.350. The third kappa shape index (κ3) is 1.89. The summed E-state index contributed by atoms with van der Waals surface area (Å²) in [4.78, 5) is 14.7. The summed E-state index contributed by atoms with van der Waals surface area (Å²) in [6, 6.07) is 3.76. The van der Waals surface area contributed by atoms with Gasteiger partial charge < -0.3 is 14.6 Å². The number of likely N-dealkylation sites (tertiary alicyclic amines) is 1. The van der Waals surface area contributed by atoms with Gasteiger partial charge in [-0.15, -0.1) is 0 Å². The summed E-state index contributed by atoms with van der Waals surface area (Å²) in [5.74, 6) is 0.0750. The van der Waals surface area contributed by atoms with E-state index in [4.69, 9.17) is 0 Å². The maximum Gasteiger partial charge on any atom is 0.271 e. The number of nitrogens with zero attached hydrogens (tertiary/aromatic N) is 2. The first-order valence-electron chi connectivity index (χ1n) is 7.26. The SMILES string of the molecule is Cn1cccc1C(=O)N1CCC(O)C12CCCCC2. The van der Waals surface area contributed by atoms with Gasteiger partial charge in [-0.3, -0.25) is 4.79 Å². The van der Waals surface area contributed by atoms with Crippen molar-refractivity contribution in [3.8, 4) is 0 Å². The molecule has 1 saturated carbocycles. The van der Waals surface area contributed by atoms with Gasteiger partial charge in [-0.25, -0.2) is 0 Å². The van der Waals surface area contributed by atoms with Crippen molar-refractivity contribution in [2.24, 2.45) is 7.05 Å². The van der Waals surface area contributed by atoms with E-state index in [2.05, 4.69) is 0 Å². The number of aryl methyl sites for hydroxylation is 1. The van der Waals surface area contributed by atoms with E-state index >= 15 is 0 Å². The summed E-state index contributed by atoms with van der Waals surface area (Å²) in [5, 5.41) is 10.4. The second-order valence-electron chi connectivity index (χ2n) is 5.93. The summed E-state index contributed by atoms with van der Waals surface area (Å²) < 4.78 is 1.86. The summed E-state index contributed by atoms with van der Waals surface area (Å²) in [6.45, 7) is 0.686. The molecule has 104 valence electrons. The highest BCUT2D eigenvalue weighted by Gasteiger charge is 2.50. The van der Waals surface area contributed by atoms with Crippen LogP contribution in [0.2, 0.25) is 0 Å². The second-order valence-corrected chi connectivity index (χ2v) is 5.93. The lowest BCUT2D eigenvalue weighted by Crippen LogP contribution is -2.54. The average molecular weight is 262 g/mol. The highest BCUT2D eigenvalue weighted by Crippen LogP contribution is 2.42. The van der Waals surface area contributed by atoms with E-state index < -0.39 is 0 Å². The predicted octanol–water partition coefficient (Wildman–Crippen LogP) is 1.93. The van der Waals surface area contributed by atoms with Crippen LogP contribution in [0.5, 0.6) is 0 Å². The molecule has 2 heterocycles. The van der Waals surface area contributed by atoms with Gasteiger partial charge in [0.25, 0.3) is 5.91 Å². The Balaban J connectivity index is 1.91. The average Bonchev–Trinajstić information content (AvgIpc) is 2.97. The molecule has 4 heteroatoms. The van der Waals surface area contributed by atoms with Crippen LogP contribution in [0.15, 0.2) is 18.3 Å². The van der Waals surface area contributed by atoms with Crippen LogP contribution in [-0.2, 0) is 7.05 Å². The molecule has 0 aromatic carbocycles. The molecule has 2 aliphatic rings. The van der Waals surface area contributed by atoms with Gasteiger partial charge in [0.1, 0.15) is 5.69 Å². The highest BCUT2D eigenvalue weighted by molar-refractivity contribution is 5.93. The Morgan fingerprint density at radius 1 is 1.37 bits per heavy atom. The first-order chi connectivity index (χ1) is 9.15. The molecule has 1 aromatic heterocycles. The van der Waals surface area contributed by atoms with Gasteiger partial charge >= 0.3 is 0 Å². The van der Waals surface area contributed by atoms with Gasteiger partial charge in [0.2, 0.25) is 0 Å². The van der Waals surface area contributed by atoms with Gasteiger partial charge in [0.05, 0.1) is 11.6 Å². The van der Waals surface area contributed by atoms with Crippen LogP contribution >= 0.6 is 0 Å². The normalized spacial score (nSPS) is 26.0. The van der Waals surface area contributed by atoms with Gasteiger partial charge in [-0.1, -0.05) is 19.3 Å². The number of aromatic nitrogens is 1. The van der Waals surface area contributed by atoms with Crippen LogP contribution in [0, 0.1) is 0 Å². The Morgan fingerprint density at radius 3 is 2.74 bits per heavy atom. The number of hydrogen-bond donors (Lipinski definition) is 1. The second kappa shape index (κ2) is 4.67. The molecule has 2 fully saturated rings. The molecular weight excluding hydrogens is 240 g/mol. The zero-order valence-electron chi connectivity index (χ0n) is 11.5. The molecule has 3 rings (SSSR count). The van der Waals surface area contributed by atoms with E-state index in [0.29, 0.717) is 6.54 Å². The third-order valence-electron chi connectivity index (χ3n) is 4.91. The van der Waals surface area contributed by atoms with E-state index in [-0.39, 0.29) is 17.6 Å². The van der Waals surface area contributed by atoms with E-state index in [9.17, 15) is 9.90 Å². The van der Waals surface area contributed by atoms with Crippen molar-refractivity contribution >= 4 is 5.91 Å². The molecule has 0 radical (unpaired) electrons. The predicted molar refractivity (Wildman–Crippen MR) is 72.9 cm³/mol. The van der Waals surface area contributed by atoms with Crippen LogP contribution in [0.1, 0.15) is 49.0 Å². The van der Waals surface area contributed by atoms with Crippen LogP contribution in [0.25, 0.3) is 0 Å². The molecule has 1 saturated heterocycles. The maximum atomic E-state index is 12.7. The van der Waals surface area contributed by atoms with Crippen molar-refractivity contribution in [3.05, 3.63) is 24.0 Å². The quantitative estimate of drug-likeness (QED) is 0.840. The van der Waals surface area contributed by atoms with E-state index in [0.717, 1.165) is 37.8 Å². The van der Waals surface area contributed by atoms with Gasteiger partial charge in [-0.2, -0.15) is 0 Å². The molecule has 1 aliphatic heterocycles. The summed E-state index contributed by atoms with van der Waals surface area (Å²) in [7, 11) is 1.90. The van der Waals surface area contributed by atoms with Crippen molar-refractivity contribution in [3.63, 3.8) is 0 Å². The molecule has 1 amide bonds. The minimum Gasteiger partial charge on any atom is -0.391 e. The van der Waals surface area contributed by atoms with Crippen LogP contribution in [0.4, 0.5) is 0 Å². The van der Waals surface area contributed by atoms with Crippen molar-refractivity contribution in [1.29, 1.82) is 0 Å². The zero-order chi connectivity index (χ0) is 13.5. The van der Waals surface area contributed by atoms with Gasteiger partial charge in [0, 0.05) is 19.8 Å². The fraction of sp³-hybridized carbons (Fsp3) is 0.667. The smallest absolute Gasteiger partial charge is 0.271 e. The molecular formula is C15H22N2O2. The summed E-state index contributed by atoms with van der Waals surface area (Å²) in [5.41, 5.74) is 0.429. The van der Waals surface area contributed by atoms with Gasteiger partial charge in [0.15, 0.2) is 0 Å². The molecule has 19 heavy (non-hydrogen) atoms. The number of carbonyl (C=O) groups is 1. The summed E-state index contributed by atoms with van der Waals surface area (Å²) >= 11 is 0. The lowest BCUT2D eigenvalue weighted by atomic mass is 9.78. The fourth-order valence-corrected chi connectivity index (χ4v) is 3.82. The number of aliphatic hydroxyl groups is 1. The van der Waals surface area contributed by atoms with E-state index in [1.54, 1.807) is 0 Å². The summed E-state index contributed by atoms with van der Waals surface area (Å²) in [6.07, 6.45) is 7.62. The van der Waals surface area contributed by atoms with Crippen LogP contribution < -0.4 is 0 Å². The Hall–Kier alpha value is -1.29. The van der Waals surface area contributed by atoms with Gasteiger partial charge in [-0.05, 0) is 31.4 Å². The Kier molecular flexibility index (Phi) is 3.13.